The molecule has 1 aromatic heterocycles. The predicted octanol–water partition coefficient (Wildman–Crippen LogP) is 2.67. The lowest BCUT2D eigenvalue weighted by molar-refractivity contribution is -0.132. The standard InChI is InChI=1S/C21H30N4O2/c1-15(26)24-10-8-17(13-24)21-22-12-18-14-25(11-9-19(18)23-21)20(27)7-6-16-4-2-3-5-16/h12,16-17H,2-11,13-14H2,1H3/t17-/m1/s1. The van der Waals surface area contributed by atoms with Gasteiger partial charge in [-0.05, 0) is 18.8 Å². The number of aromatic nitrogens is 2. The number of nitrogens with zero attached hydrogens (tertiary/aromatic N) is 4. The Labute approximate surface area is 161 Å². The highest BCUT2D eigenvalue weighted by molar-refractivity contribution is 5.76. The molecule has 0 unspecified atom stereocenters. The third-order valence-corrected chi connectivity index (χ3v) is 6.55. The van der Waals surface area contributed by atoms with E-state index in [9.17, 15) is 9.59 Å². The lowest BCUT2D eigenvalue weighted by Crippen LogP contribution is -2.36. The van der Waals surface area contributed by atoms with Crippen LogP contribution in [0.4, 0.5) is 0 Å². The van der Waals surface area contributed by atoms with E-state index in [-0.39, 0.29) is 17.7 Å². The highest BCUT2D eigenvalue weighted by Crippen LogP contribution is 2.30. The molecule has 27 heavy (non-hydrogen) atoms. The molecule has 1 saturated carbocycles. The zero-order valence-electron chi connectivity index (χ0n) is 16.3. The van der Waals surface area contributed by atoms with E-state index in [1.165, 1.54) is 25.7 Å². The Morgan fingerprint density at radius 1 is 1.15 bits per heavy atom. The van der Waals surface area contributed by atoms with Crippen LogP contribution in [0.3, 0.4) is 0 Å². The summed E-state index contributed by atoms with van der Waals surface area (Å²) in [5.74, 6) is 2.27. The van der Waals surface area contributed by atoms with Crippen molar-refractivity contribution in [3.63, 3.8) is 0 Å². The number of fused-ring (bicyclic) bond motifs is 1. The second-order valence-corrected chi connectivity index (χ2v) is 8.41. The Balaban J connectivity index is 1.35. The summed E-state index contributed by atoms with van der Waals surface area (Å²) < 4.78 is 0. The number of amides is 2. The van der Waals surface area contributed by atoms with Gasteiger partial charge in [-0.25, -0.2) is 9.97 Å². The molecule has 6 heteroatoms. The number of likely N-dealkylation sites (tertiary alicyclic amines) is 1. The number of rotatable bonds is 4. The third-order valence-electron chi connectivity index (χ3n) is 6.55. The van der Waals surface area contributed by atoms with E-state index in [0.29, 0.717) is 13.0 Å². The van der Waals surface area contributed by atoms with Crippen LogP contribution < -0.4 is 0 Å². The zero-order chi connectivity index (χ0) is 18.8. The van der Waals surface area contributed by atoms with Gasteiger partial charge >= 0.3 is 0 Å². The Morgan fingerprint density at radius 3 is 2.70 bits per heavy atom. The highest BCUT2D eigenvalue weighted by atomic mass is 16.2. The van der Waals surface area contributed by atoms with Crippen molar-refractivity contribution >= 4 is 11.8 Å². The first-order chi connectivity index (χ1) is 13.1. The van der Waals surface area contributed by atoms with Gasteiger partial charge in [-0.15, -0.1) is 0 Å². The Morgan fingerprint density at radius 2 is 1.96 bits per heavy atom. The second kappa shape index (κ2) is 7.95. The van der Waals surface area contributed by atoms with Crippen LogP contribution in [-0.2, 0) is 22.6 Å². The average molecular weight is 370 g/mol. The van der Waals surface area contributed by atoms with Crippen LogP contribution in [0, 0.1) is 5.92 Å². The maximum absolute atomic E-state index is 12.6. The molecule has 6 nitrogen and oxygen atoms in total. The van der Waals surface area contributed by atoms with Crippen molar-refractivity contribution in [3.8, 4) is 0 Å². The highest BCUT2D eigenvalue weighted by Gasteiger charge is 2.29. The maximum Gasteiger partial charge on any atom is 0.222 e. The van der Waals surface area contributed by atoms with Gasteiger partial charge in [0.05, 0.1) is 5.69 Å². The van der Waals surface area contributed by atoms with E-state index in [0.717, 1.165) is 61.9 Å². The van der Waals surface area contributed by atoms with Gasteiger partial charge in [-0.1, -0.05) is 25.7 Å². The SMILES string of the molecule is CC(=O)N1CC[C@@H](c2ncc3c(n2)CCN(C(=O)CCC2CCCC2)C3)C1. The van der Waals surface area contributed by atoms with E-state index in [4.69, 9.17) is 4.98 Å². The maximum atomic E-state index is 12.6. The molecule has 0 aromatic carbocycles. The third kappa shape index (κ3) is 4.14. The summed E-state index contributed by atoms with van der Waals surface area (Å²) in [5, 5.41) is 0. The molecule has 3 heterocycles. The first-order valence-corrected chi connectivity index (χ1v) is 10.5. The molecule has 0 bridgehead atoms. The molecular formula is C21H30N4O2. The van der Waals surface area contributed by atoms with Crippen LogP contribution >= 0.6 is 0 Å². The van der Waals surface area contributed by atoms with Crippen molar-refractivity contribution in [1.82, 2.24) is 19.8 Å². The summed E-state index contributed by atoms with van der Waals surface area (Å²) in [4.78, 5) is 37.4. The number of hydrogen-bond acceptors (Lipinski definition) is 4. The summed E-state index contributed by atoms with van der Waals surface area (Å²) in [6, 6.07) is 0. The minimum atomic E-state index is 0.127. The number of carbonyl (C=O) groups is 2. The average Bonchev–Trinajstić information content (AvgIpc) is 3.37. The molecule has 0 spiro atoms. The van der Waals surface area contributed by atoms with Crippen molar-refractivity contribution in [1.29, 1.82) is 0 Å². The van der Waals surface area contributed by atoms with Crippen LogP contribution in [-0.4, -0.2) is 51.2 Å². The first kappa shape index (κ1) is 18.4. The first-order valence-electron chi connectivity index (χ1n) is 10.5. The molecule has 1 saturated heterocycles. The molecule has 3 aliphatic rings. The molecule has 1 aromatic rings. The summed E-state index contributed by atoms with van der Waals surface area (Å²) in [7, 11) is 0. The van der Waals surface area contributed by atoms with E-state index >= 15 is 0 Å². The van der Waals surface area contributed by atoms with E-state index in [1.54, 1.807) is 6.92 Å². The Bertz CT molecular complexity index is 714. The van der Waals surface area contributed by atoms with Crippen molar-refractivity contribution < 1.29 is 9.59 Å². The van der Waals surface area contributed by atoms with Crippen LogP contribution in [0.25, 0.3) is 0 Å². The largest absolute Gasteiger partial charge is 0.342 e. The molecular weight excluding hydrogens is 340 g/mol. The van der Waals surface area contributed by atoms with Crippen molar-refractivity contribution in [2.24, 2.45) is 5.92 Å². The lowest BCUT2D eigenvalue weighted by atomic mass is 10.0. The Hall–Kier alpha value is -1.98. The fraction of sp³-hybridized carbons (Fsp3) is 0.714. The summed E-state index contributed by atoms with van der Waals surface area (Å²) in [6.45, 7) is 4.54. The molecule has 2 aliphatic heterocycles. The van der Waals surface area contributed by atoms with E-state index in [2.05, 4.69) is 4.98 Å². The van der Waals surface area contributed by atoms with E-state index < -0.39 is 0 Å². The minimum Gasteiger partial charge on any atom is -0.342 e. The fourth-order valence-electron chi connectivity index (χ4n) is 4.78. The molecule has 0 radical (unpaired) electrons. The van der Waals surface area contributed by atoms with Gasteiger partial charge in [0, 0.05) is 63.6 Å². The van der Waals surface area contributed by atoms with Gasteiger partial charge in [0.2, 0.25) is 11.8 Å². The number of hydrogen-bond donors (Lipinski definition) is 0. The summed E-state index contributed by atoms with van der Waals surface area (Å²) in [6.07, 6.45) is 10.6. The van der Waals surface area contributed by atoms with Gasteiger partial charge < -0.3 is 9.80 Å². The van der Waals surface area contributed by atoms with Crippen molar-refractivity contribution in [3.05, 3.63) is 23.3 Å². The smallest absolute Gasteiger partial charge is 0.222 e. The monoisotopic (exact) mass is 370 g/mol. The Kier molecular flexibility index (Phi) is 5.41. The van der Waals surface area contributed by atoms with Gasteiger partial charge in [0.25, 0.3) is 0 Å². The summed E-state index contributed by atoms with van der Waals surface area (Å²) >= 11 is 0. The molecule has 1 atom stereocenters. The van der Waals surface area contributed by atoms with Gasteiger partial charge in [0.15, 0.2) is 0 Å². The zero-order valence-corrected chi connectivity index (χ0v) is 16.3. The van der Waals surface area contributed by atoms with E-state index in [1.807, 2.05) is 16.0 Å². The van der Waals surface area contributed by atoms with Crippen molar-refractivity contribution in [2.45, 2.75) is 70.8 Å². The van der Waals surface area contributed by atoms with Crippen LogP contribution in [0.15, 0.2) is 6.20 Å². The molecule has 146 valence electrons. The molecule has 0 N–H and O–H groups in total. The topological polar surface area (TPSA) is 66.4 Å². The van der Waals surface area contributed by atoms with Gasteiger partial charge in [0.1, 0.15) is 5.82 Å². The quantitative estimate of drug-likeness (QED) is 0.817. The van der Waals surface area contributed by atoms with Crippen LogP contribution in [0.1, 0.15) is 74.9 Å². The minimum absolute atomic E-state index is 0.127. The number of carbonyl (C=O) groups excluding carboxylic acids is 2. The second-order valence-electron chi connectivity index (χ2n) is 8.41. The molecule has 2 fully saturated rings. The normalized spacial score (nSPS) is 22.9. The van der Waals surface area contributed by atoms with Crippen LogP contribution in [0.5, 0.6) is 0 Å². The predicted molar refractivity (Wildman–Crippen MR) is 102 cm³/mol. The summed E-state index contributed by atoms with van der Waals surface area (Å²) in [5.41, 5.74) is 2.17. The lowest BCUT2D eigenvalue weighted by Gasteiger charge is -2.29. The molecule has 1 aliphatic carbocycles. The van der Waals surface area contributed by atoms with Crippen LogP contribution in [0.2, 0.25) is 0 Å². The van der Waals surface area contributed by atoms with Gasteiger partial charge in [-0.2, -0.15) is 0 Å². The molecule has 4 rings (SSSR count). The fourth-order valence-corrected chi connectivity index (χ4v) is 4.78. The molecule has 2 amide bonds. The van der Waals surface area contributed by atoms with Gasteiger partial charge in [-0.3, -0.25) is 9.59 Å². The van der Waals surface area contributed by atoms with Crippen molar-refractivity contribution in [2.75, 3.05) is 19.6 Å².